The van der Waals surface area contributed by atoms with Crippen LogP contribution in [0.2, 0.25) is 0 Å². The lowest BCUT2D eigenvalue weighted by Gasteiger charge is -2.23. The van der Waals surface area contributed by atoms with Gasteiger partial charge in [-0.25, -0.2) is 4.98 Å². The van der Waals surface area contributed by atoms with Crippen molar-refractivity contribution in [3.8, 4) is 0 Å². The van der Waals surface area contributed by atoms with Crippen molar-refractivity contribution in [2.45, 2.75) is 46.1 Å². The number of aryl methyl sites for hydroxylation is 1. The van der Waals surface area contributed by atoms with E-state index in [1.165, 1.54) is 0 Å². The van der Waals surface area contributed by atoms with E-state index in [4.69, 9.17) is 5.84 Å². The molecule has 1 aromatic rings. The number of thiazole rings is 1. The molecule has 1 aromatic heterocycles. The molecule has 0 spiro atoms. The Morgan fingerprint density at radius 3 is 2.53 bits per heavy atom. The number of hydrogen-bond acceptors (Lipinski definition) is 4. The summed E-state index contributed by atoms with van der Waals surface area (Å²) in [7, 11) is 0. The van der Waals surface area contributed by atoms with Gasteiger partial charge >= 0.3 is 0 Å². The highest BCUT2D eigenvalue weighted by molar-refractivity contribution is 7.09. The van der Waals surface area contributed by atoms with Gasteiger partial charge in [0.05, 0.1) is 10.7 Å². The van der Waals surface area contributed by atoms with Gasteiger partial charge in [-0.15, -0.1) is 11.3 Å². The van der Waals surface area contributed by atoms with Crippen molar-refractivity contribution in [3.05, 3.63) is 16.1 Å². The van der Waals surface area contributed by atoms with Crippen molar-refractivity contribution >= 4 is 11.3 Å². The molecule has 3 nitrogen and oxygen atoms in total. The number of hydrogen-bond donors (Lipinski definition) is 2. The summed E-state index contributed by atoms with van der Waals surface area (Å²) in [5.74, 6) is 6.24. The number of hydrazine groups is 1. The summed E-state index contributed by atoms with van der Waals surface area (Å²) < 4.78 is 0. The molecule has 1 rings (SSSR count). The van der Waals surface area contributed by atoms with Crippen LogP contribution >= 0.6 is 11.3 Å². The van der Waals surface area contributed by atoms with E-state index in [-0.39, 0.29) is 0 Å². The van der Waals surface area contributed by atoms with Gasteiger partial charge in [0.15, 0.2) is 0 Å². The smallest absolute Gasteiger partial charge is 0.0897 e. The number of nitrogens with zero attached hydrogens (tertiary/aromatic N) is 1. The highest BCUT2D eigenvalue weighted by Crippen LogP contribution is 2.18. The fourth-order valence-corrected chi connectivity index (χ4v) is 2.57. The average molecular weight is 227 g/mol. The topological polar surface area (TPSA) is 50.9 Å². The van der Waals surface area contributed by atoms with Gasteiger partial charge in [-0.2, -0.15) is 0 Å². The van der Waals surface area contributed by atoms with Crippen LogP contribution in [0.25, 0.3) is 0 Å². The summed E-state index contributed by atoms with van der Waals surface area (Å²) in [6.45, 7) is 6.46. The molecule has 0 saturated carbocycles. The Balaban J connectivity index is 2.60. The zero-order chi connectivity index (χ0) is 11.3. The van der Waals surface area contributed by atoms with Crippen molar-refractivity contribution in [2.24, 2.45) is 11.8 Å². The molecule has 15 heavy (non-hydrogen) atoms. The number of aromatic nitrogens is 1. The molecule has 3 N–H and O–H groups in total. The van der Waals surface area contributed by atoms with Gasteiger partial charge in [-0.1, -0.05) is 26.7 Å². The lowest BCUT2D eigenvalue weighted by Crippen LogP contribution is -2.42. The number of nitrogens with one attached hydrogen (secondary N) is 1. The Hall–Kier alpha value is -0.450. The van der Waals surface area contributed by atoms with Crippen LogP contribution in [0.5, 0.6) is 0 Å². The minimum absolute atomic E-state index is 0.349. The molecule has 0 aliphatic heterocycles. The molecular weight excluding hydrogens is 206 g/mol. The maximum absolute atomic E-state index is 5.61. The Morgan fingerprint density at radius 2 is 2.13 bits per heavy atom. The molecule has 0 saturated heterocycles. The summed E-state index contributed by atoms with van der Waals surface area (Å²) in [4.78, 5) is 4.47. The van der Waals surface area contributed by atoms with Gasteiger partial charge in [0.2, 0.25) is 0 Å². The molecule has 0 fully saturated rings. The fourth-order valence-electron chi connectivity index (χ4n) is 1.95. The van der Waals surface area contributed by atoms with E-state index in [9.17, 15) is 0 Å². The van der Waals surface area contributed by atoms with Crippen LogP contribution in [0.3, 0.4) is 0 Å². The molecule has 0 aromatic carbocycles. The van der Waals surface area contributed by atoms with E-state index >= 15 is 0 Å². The molecule has 0 amide bonds. The standard InChI is InChI=1S/C11H21N3S/c1-4-9(5-2)11(14-12)6-10-7-15-8(3)13-10/h7,9,11,14H,4-6,12H2,1-3H3. The van der Waals surface area contributed by atoms with Crippen LogP contribution in [0.1, 0.15) is 37.4 Å². The molecule has 1 atom stereocenters. The first-order chi connectivity index (χ1) is 7.21. The zero-order valence-corrected chi connectivity index (χ0v) is 10.6. The summed E-state index contributed by atoms with van der Waals surface area (Å²) in [6, 6.07) is 0.349. The minimum Gasteiger partial charge on any atom is -0.271 e. The lowest BCUT2D eigenvalue weighted by atomic mass is 9.91. The van der Waals surface area contributed by atoms with Gasteiger partial charge in [0.25, 0.3) is 0 Å². The van der Waals surface area contributed by atoms with Crippen LogP contribution in [0, 0.1) is 12.8 Å². The summed E-state index contributed by atoms with van der Waals surface area (Å²) in [5.41, 5.74) is 4.09. The molecule has 1 heterocycles. The van der Waals surface area contributed by atoms with Gasteiger partial charge in [-0.3, -0.25) is 11.3 Å². The molecule has 0 radical (unpaired) electrons. The van der Waals surface area contributed by atoms with Crippen molar-refractivity contribution in [2.75, 3.05) is 0 Å². The highest BCUT2D eigenvalue weighted by Gasteiger charge is 2.18. The third-order valence-electron chi connectivity index (χ3n) is 2.93. The molecule has 0 bridgehead atoms. The quantitative estimate of drug-likeness (QED) is 0.579. The van der Waals surface area contributed by atoms with Crippen LogP contribution in [0.4, 0.5) is 0 Å². The third kappa shape index (κ3) is 3.55. The molecular formula is C11H21N3S. The molecule has 0 aliphatic rings. The fraction of sp³-hybridized carbons (Fsp3) is 0.727. The first-order valence-corrected chi connectivity index (χ1v) is 6.46. The second-order valence-electron chi connectivity index (χ2n) is 3.91. The van der Waals surface area contributed by atoms with Gasteiger partial charge in [0.1, 0.15) is 0 Å². The minimum atomic E-state index is 0.349. The Morgan fingerprint density at radius 1 is 1.47 bits per heavy atom. The second-order valence-corrected chi connectivity index (χ2v) is 4.97. The SMILES string of the molecule is CCC(CC)C(Cc1csc(C)n1)NN. The van der Waals surface area contributed by atoms with Crippen LogP contribution in [0.15, 0.2) is 5.38 Å². The monoisotopic (exact) mass is 227 g/mol. The van der Waals surface area contributed by atoms with Gasteiger partial charge in [-0.05, 0) is 12.8 Å². The summed E-state index contributed by atoms with van der Waals surface area (Å²) in [6.07, 6.45) is 3.26. The Labute approximate surface area is 96.1 Å². The maximum Gasteiger partial charge on any atom is 0.0897 e. The molecule has 86 valence electrons. The first kappa shape index (κ1) is 12.6. The summed E-state index contributed by atoms with van der Waals surface area (Å²) >= 11 is 1.70. The van der Waals surface area contributed by atoms with E-state index in [1.807, 2.05) is 6.92 Å². The Kier molecular flexibility index (Phi) is 5.22. The predicted octanol–water partition coefficient (Wildman–Crippen LogP) is 2.26. The maximum atomic E-state index is 5.61. The zero-order valence-electron chi connectivity index (χ0n) is 9.79. The van der Waals surface area contributed by atoms with Crippen molar-refractivity contribution in [3.63, 3.8) is 0 Å². The molecule has 4 heteroatoms. The van der Waals surface area contributed by atoms with Gasteiger partial charge < -0.3 is 0 Å². The van der Waals surface area contributed by atoms with Gasteiger partial charge in [0, 0.05) is 17.8 Å². The van der Waals surface area contributed by atoms with Crippen molar-refractivity contribution < 1.29 is 0 Å². The van der Waals surface area contributed by atoms with E-state index in [0.29, 0.717) is 12.0 Å². The third-order valence-corrected chi connectivity index (χ3v) is 3.75. The molecule has 0 aliphatic carbocycles. The lowest BCUT2D eigenvalue weighted by molar-refractivity contribution is 0.334. The van der Waals surface area contributed by atoms with Crippen molar-refractivity contribution in [1.29, 1.82) is 0 Å². The normalized spacial score (nSPS) is 13.4. The number of nitrogens with two attached hydrogens (primary N) is 1. The van der Waals surface area contributed by atoms with E-state index in [1.54, 1.807) is 11.3 Å². The van der Waals surface area contributed by atoms with E-state index in [0.717, 1.165) is 30.0 Å². The van der Waals surface area contributed by atoms with Crippen LogP contribution < -0.4 is 11.3 Å². The molecule has 1 unspecified atom stereocenters. The summed E-state index contributed by atoms with van der Waals surface area (Å²) in [5, 5.41) is 3.26. The number of rotatable bonds is 6. The van der Waals surface area contributed by atoms with Crippen LogP contribution in [-0.2, 0) is 6.42 Å². The average Bonchev–Trinajstić information content (AvgIpc) is 2.64. The second kappa shape index (κ2) is 6.20. The van der Waals surface area contributed by atoms with E-state index < -0.39 is 0 Å². The van der Waals surface area contributed by atoms with E-state index in [2.05, 4.69) is 29.6 Å². The largest absolute Gasteiger partial charge is 0.271 e. The highest BCUT2D eigenvalue weighted by atomic mass is 32.1. The predicted molar refractivity (Wildman–Crippen MR) is 65.7 cm³/mol. The van der Waals surface area contributed by atoms with Crippen LogP contribution in [-0.4, -0.2) is 11.0 Å². The van der Waals surface area contributed by atoms with Crippen molar-refractivity contribution in [1.82, 2.24) is 10.4 Å². The first-order valence-electron chi connectivity index (χ1n) is 5.58. The Bertz CT molecular complexity index is 281.